The molecule has 2 aromatic carbocycles. The molecule has 1 aliphatic rings. The highest BCUT2D eigenvalue weighted by Crippen LogP contribution is 2.49. The summed E-state index contributed by atoms with van der Waals surface area (Å²) in [7, 11) is 0. The van der Waals surface area contributed by atoms with Crippen LogP contribution in [0.3, 0.4) is 0 Å². The summed E-state index contributed by atoms with van der Waals surface area (Å²) in [6.07, 6.45) is -0.676. The molecule has 1 aliphatic carbocycles. The number of alkyl halides is 3. The van der Waals surface area contributed by atoms with Gasteiger partial charge in [0.15, 0.2) is 6.61 Å². The quantitative estimate of drug-likeness (QED) is 0.373. The van der Waals surface area contributed by atoms with Crippen LogP contribution in [0.15, 0.2) is 36.4 Å². The summed E-state index contributed by atoms with van der Waals surface area (Å²) in [6, 6.07) is 9.73. The van der Waals surface area contributed by atoms with Crippen molar-refractivity contribution >= 4 is 33.0 Å². The maximum Gasteiger partial charge on any atom is 0.422 e. The number of fused-ring (bicyclic) bond motifs is 2. The van der Waals surface area contributed by atoms with Crippen LogP contribution in [0.1, 0.15) is 55.7 Å². The fraction of sp³-hybridized carbons (Fsp3) is 0.370. The van der Waals surface area contributed by atoms with Gasteiger partial charge in [0.25, 0.3) is 0 Å². The van der Waals surface area contributed by atoms with Crippen molar-refractivity contribution in [1.29, 1.82) is 0 Å². The van der Waals surface area contributed by atoms with Crippen LogP contribution in [-0.4, -0.2) is 23.9 Å². The zero-order valence-electron chi connectivity index (χ0n) is 19.6. The molecular weight excluding hydrogens is 461 g/mol. The normalized spacial score (nSPS) is 14.5. The minimum Gasteiger partial charge on any atom is -0.483 e. The SMILES string of the molecule is CC(=CC(=O)O)c1cc2c(-c3c4c(cc(C(C)(C)C)c3OCC(F)(F)F)CCC4)cccc2s1. The van der Waals surface area contributed by atoms with E-state index >= 15 is 0 Å². The number of allylic oxidation sites excluding steroid dienone is 1. The van der Waals surface area contributed by atoms with Crippen molar-refractivity contribution in [2.45, 2.75) is 58.5 Å². The molecule has 1 heterocycles. The van der Waals surface area contributed by atoms with Crippen LogP contribution in [0, 0.1) is 0 Å². The molecule has 0 amide bonds. The minimum absolute atomic E-state index is 0.295. The highest BCUT2D eigenvalue weighted by molar-refractivity contribution is 7.20. The third-order valence-electron chi connectivity index (χ3n) is 6.10. The molecule has 0 aliphatic heterocycles. The number of carboxylic acids is 1. The Morgan fingerprint density at radius 3 is 2.56 bits per heavy atom. The van der Waals surface area contributed by atoms with Crippen molar-refractivity contribution in [3.8, 4) is 16.9 Å². The zero-order chi connectivity index (χ0) is 24.8. The number of halogens is 3. The second kappa shape index (κ2) is 8.77. The summed E-state index contributed by atoms with van der Waals surface area (Å²) >= 11 is 1.47. The number of hydrogen-bond acceptors (Lipinski definition) is 3. The molecular formula is C27H27F3O3S. The Morgan fingerprint density at radius 1 is 1.18 bits per heavy atom. The van der Waals surface area contributed by atoms with E-state index in [1.165, 1.54) is 17.4 Å². The third kappa shape index (κ3) is 4.85. The molecule has 3 aromatic rings. The highest BCUT2D eigenvalue weighted by atomic mass is 32.1. The first-order valence-corrected chi connectivity index (χ1v) is 12.0. The molecule has 180 valence electrons. The highest BCUT2D eigenvalue weighted by Gasteiger charge is 2.33. The molecule has 0 bridgehead atoms. The number of rotatable bonds is 5. The van der Waals surface area contributed by atoms with Gasteiger partial charge in [0.2, 0.25) is 0 Å². The van der Waals surface area contributed by atoms with Crippen molar-refractivity contribution in [3.63, 3.8) is 0 Å². The van der Waals surface area contributed by atoms with Crippen LogP contribution >= 0.6 is 11.3 Å². The second-order valence-electron chi connectivity index (χ2n) is 9.77. The lowest BCUT2D eigenvalue weighted by Gasteiger charge is -2.28. The van der Waals surface area contributed by atoms with Crippen LogP contribution in [0.4, 0.5) is 13.2 Å². The predicted octanol–water partition coefficient (Wildman–Crippen LogP) is 7.78. The maximum atomic E-state index is 13.2. The summed E-state index contributed by atoms with van der Waals surface area (Å²) < 4.78 is 46.3. The number of ether oxygens (including phenoxy) is 1. The third-order valence-corrected chi connectivity index (χ3v) is 7.34. The van der Waals surface area contributed by atoms with Crippen molar-refractivity contribution in [1.82, 2.24) is 0 Å². The van der Waals surface area contributed by atoms with Crippen molar-refractivity contribution in [2.75, 3.05) is 6.61 Å². The minimum atomic E-state index is -4.45. The molecule has 3 nitrogen and oxygen atoms in total. The smallest absolute Gasteiger partial charge is 0.422 e. The zero-order valence-corrected chi connectivity index (χ0v) is 20.4. The molecule has 34 heavy (non-hydrogen) atoms. The number of aliphatic carboxylic acids is 1. The lowest BCUT2D eigenvalue weighted by Crippen LogP contribution is -2.22. The van der Waals surface area contributed by atoms with E-state index in [0.717, 1.165) is 62.0 Å². The van der Waals surface area contributed by atoms with E-state index in [9.17, 15) is 18.0 Å². The van der Waals surface area contributed by atoms with Crippen molar-refractivity contribution < 1.29 is 27.8 Å². The molecule has 0 saturated heterocycles. The summed E-state index contributed by atoms with van der Waals surface area (Å²) in [5.41, 5.74) is 4.74. The topological polar surface area (TPSA) is 46.5 Å². The molecule has 0 unspecified atom stereocenters. The van der Waals surface area contributed by atoms with Gasteiger partial charge in [-0.15, -0.1) is 11.3 Å². The maximum absolute atomic E-state index is 13.2. The molecule has 0 spiro atoms. The molecule has 1 N–H and O–H groups in total. The second-order valence-corrected chi connectivity index (χ2v) is 10.9. The van der Waals surface area contributed by atoms with Gasteiger partial charge in [-0.3, -0.25) is 0 Å². The van der Waals surface area contributed by atoms with Crippen molar-refractivity contribution in [2.24, 2.45) is 0 Å². The first kappa shape index (κ1) is 24.3. The molecule has 0 radical (unpaired) electrons. The molecule has 0 fully saturated rings. The Kier molecular flexibility index (Phi) is 6.27. The number of benzene rings is 2. The van der Waals surface area contributed by atoms with Gasteiger partial charge in [-0.25, -0.2) is 4.79 Å². The van der Waals surface area contributed by atoms with Gasteiger partial charge < -0.3 is 9.84 Å². The number of aryl methyl sites for hydroxylation is 1. The largest absolute Gasteiger partial charge is 0.483 e. The average molecular weight is 489 g/mol. The molecule has 1 aromatic heterocycles. The van der Waals surface area contributed by atoms with E-state index < -0.39 is 24.2 Å². The van der Waals surface area contributed by atoms with Gasteiger partial charge in [-0.05, 0) is 66.0 Å². The summed E-state index contributed by atoms with van der Waals surface area (Å²) in [6.45, 7) is 6.34. The number of hydrogen-bond donors (Lipinski definition) is 1. The van der Waals surface area contributed by atoms with Gasteiger partial charge in [-0.1, -0.05) is 39.0 Å². The first-order chi connectivity index (χ1) is 15.8. The van der Waals surface area contributed by atoms with E-state index in [2.05, 4.69) is 0 Å². The standard InChI is InChI=1S/C27H27F3O3S/c1-15(11-23(31)32)22-13-19-18(9-6-10-21(19)34-22)24-17-8-5-7-16(17)12-20(26(2,3)4)25(24)33-14-27(28,29)30/h6,9-13H,5,7-8,14H2,1-4H3,(H,31,32). The average Bonchev–Trinajstić information content (AvgIpc) is 3.36. The Labute approximate surface area is 200 Å². The van der Waals surface area contributed by atoms with Gasteiger partial charge in [0.1, 0.15) is 5.75 Å². The van der Waals surface area contributed by atoms with E-state index in [-0.39, 0.29) is 0 Å². The summed E-state index contributed by atoms with van der Waals surface area (Å²) in [5, 5.41) is 10.0. The van der Waals surface area contributed by atoms with E-state index in [1.54, 1.807) is 6.92 Å². The van der Waals surface area contributed by atoms with Crippen LogP contribution in [0.5, 0.6) is 5.75 Å². The van der Waals surface area contributed by atoms with Crippen LogP contribution in [-0.2, 0) is 23.1 Å². The number of thiophene rings is 1. The molecule has 0 saturated carbocycles. The van der Waals surface area contributed by atoms with Gasteiger partial charge >= 0.3 is 12.1 Å². The Morgan fingerprint density at radius 2 is 1.91 bits per heavy atom. The molecule has 0 atom stereocenters. The predicted molar refractivity (Wildman–Crippen MR) is 131 cm³/mol. The fourth-order valence-corrected chi connectivity index (χ4v) is 5.66. The first-order valence-electron chi connectivity index (χ1n) is 11.2. The number of carbonyl (C=O) groups is 1. The monoisotopic (exact) mass is 488 g/mol. The lowest BCUT2D eigenvalue weighted by molar-refractivity contribution is -0.153. The molecule has 4 rings (SSSR count). The van der Waals surface area contributed by atoms with Crippen LogP contribution < -0.4 is 4.74 Å². The van der Waals surface area contributed by atoms with Gasteiger partial charge in [0.05, 0.1) is 0 Å². The van der Waals surface area contributed by atoms with Gasteiger partial charge in [-0.2, -0.15) is 13.2 Å². The Bertz CT molecular complexity index is 1290. The van der Waals surface area contributed by atoms with Crippen LogP contribution in [0.25, 0.3) is 26.8 Å². The molecule has 7 heteroatoms. The number of carboxylic acid groups (broad SMARTS) is 1. The summed E-state index contributed by atoms with van der Waals surface area (Å²) in [4.78, 5) is 12.0. The van der Waals surface area contributed by atoms with E-state index in [4.69, 9.17) is 9.84 Å². The lowest BCUT2D eigenvalue weighted by atomic mass is 9.81. The van der Waals surface area contributed by atoms with Crippen LogP contribution in [0.2, 0.25) is 0 Å². The van der Waals surface area contributed by atoms with Gasteiger partial charge in [0, 0.05) is 32.2 Å². The van der Waals surface area contributed by atoms with E-state index in [0.29, 0.717) is 11.3 Å². The summed E-state index contributed by atoms with van der Waals surface area (Å²) in [5.74, 6) is -0.725. The Balaban J connectivity index is 2.01. The fourth-order valence-electron chi connectivity index (χ4n) is 4.60. The Hall–Kier alpha value is -2.80. The van der Waals surface area contributed by atoms with Crippen molar-refractivity contribution in [3.05, 3.63) is 58.0 Å². The van der Waals surface area contributed by atoms with E-state index in [1.807, 2.05) is 51.1 Å².